The summed E-state index contributed by atoms with van der Waals surface area (Å²) in [6.45, 7) is 5.34. The first kappa shape index (κ1) is 19.1. The molecule has 0 aliphatic carbocycles. The van der Waals surface area contributed by atoms with Crippen LogP contribution in [0.1, 0.15) is 20.3 Å². The molecule has 1 fully saturated rings. The molecule has 28 heavy (non-hydrogen) atoms. The molecular formula is C21H25N3O3S. The zero-order chi connectivity index (χ0) is 19.5. The number of carbonyl (C=O) groups excluding carboxylic acids is 1. The Morgan fingerprint density at radius 3 is 2.50 bits per heavy atom. The van der Waals surface area contributed by atoms with Crippen molar-refractivity contribution in [1.29, 1.82) is 0 Å². The summed E-state index contributed by atoms with van der Waals surface area (Å²) in [5, 5.41) is 3.08. The minimum atomic E-state index is -0.268. The second-order valence-electron chi connectivity index (χ2n) is 7.32. The number of fused-ring (bicyclic) bond motifs is 1. The summed E-state index contributed by atoms with van der Waals surface area (Å²) in [6, 6.07) is 13.9. The van der Waals surface area contributed by atoms with E-state index >= 15 is 0 Å². The molecule has 0 saturated carbocycles. The SMILES string of the molecule is CC(C)C1CC(C(=O)Nc2cc3c(cc2Sc2ccccc2)OCCO3)NN1. The number of carbonyl (C=O) groups is 1. The highest BCUT2D eigenvalue weighted by Gasteiger charge is 2.31. The van der Waals surface area contributed by atoms with E-state index in [1.54, 1.807) is 11.8 Å². The van der Waals surface area contributed by atoms with Crippen LogP contribution in [0.25, 0.3) is 0 Å². The van der Waals surface area contributed by atoms with Crippen LogP contribution in [-0.4, -0.2) is 31.2 Å². The molecule has 4 rings (SSSR count). The van der Waals surface area contributed by atoms with Gasteiger partial charge in [0.15, 0.2) is 11.5 Å². The Bertz CT molecular complexity index is 844. The van der Waals surface area contributed by atoms with E-state index in [4.69, 9.17) is 9.47 Å². The van der Waals surface area contributed by atoms with E-state index in [-0.39, 0.29) is 18.0 Å². The third-order valence-corrected chi connectivity index (χ3v) is 5.99. The Kier molecular flexibility index (Phi) is 5.75. The number of benzene rings is 2. The van der Waals surface area contributed by atoms with Crippen LogP contribution in [0.5, 0.6) is 11.5 Å². The summed E-state index contributed by atoms with van der Waals surface area (Å²) < 4.78 is 11.4. The van der Waals surface area contributed by atoms with Crippen molar-refractivity contribution in [2.75, 3.05) is 18.5 Å². The zero-order valence-corrected chi connectivity index (χ0v) is 16.8. The molecule has 2 unspecified atom stereocenters. The Balaban J connectivity index is 1.57. The monoisotopic (exact) mass is 399 g/mol. The average molecular weight is 400 g/mol. The molecule has 0 radical (unpaired) electrons. The fourth-order valence-electron chi connectivity index (χ4n) is 3.28. The van der Waals surface area contributed by atoms with Gasteiger partial charge in [-0.05, 0) is 24.5 Å². The molecule has 6 nitrogen and oxygen atoms in total. The van der Waals surface area contributed by atoms with Gasteiger partial charge in [-0.1, -0.05) is 43.8 Å². The molecule has 2 aromatic rings. The van der Waals surface area contributed by atoms with Gasteiger partial charge in [-0.3, -0.25) is 10.2 Å². The maximum Gasteiger partial charge on any atom is 0.242 e. The molecule has 7 heteroatoms. The third kappa shape index (κ3) is 4.27. The van der Waals surface area contributed by atoms with Gasteiger partial charge in [-0.2, -0.15) is 0 Å². The lowest BCUT2D eigenvalue weighted by Gasteiger charge is -2.22. The van der Waals surface area contributed by atoms with Crippen molar-refractivity contribution >= 4 is 23.4 Å². The van der Waals surface area contributed by atoms with Crippen LogP contribution in [-0.2, 0) is 4.79 Å². The number of nitrogens with one attached hydrogen (secondary N) is 3. The highest BCUT2D eigenvalue weighted by atomic mass is 32.2. The number of hydrogen-bond acceptors (Lipinski definition) is 6. The Morgan fingerprint density at radius 1 is 1.11 bits per heavy atom. The maximum atomic E-state index is 12.9. The van der Waals surface area contributed by atoms with Crippen LogP contribution < -0.4 is 25.6 Å². The van der Waals surface area contributed by atoms with E-state index in [1.807, 2.05) is 42.5 Å². The molecule has 2 aromatic carbocycles. The Hall–Kier alpha value is -2.22. The molecule has 2 aliphatic heterocycles. The summed E-state index contributed by atoms with van der Waals surface area (Å²) in [6.07, 6.45) is 0.759. The van der Waals surface area contributed by atoms with Gasteiger partial charge in [0.1, 0.15) is 19.3 Å². The molecule has 2 aliphatic rings. The van der Waals surface area contributed by atoms with Gasteiger partial charge in [-0.15, -0.1) is 0 Å². The predicted octanol–water partition coefficient (Wildman–Crippen LogP) is 3.44. The van der Waals surface area contributed by atoms with E-state index in [9.17, 15) is 4.79 Å². The van der Waals surface area contributed by atoms with E-state index in [0.717, 1.165) is 21.9 Å². The first-order valence-corrected chi connectivity index (χ1v) is 10.4. The molecule has 0 spiro atoms. The van der Waals surface area contributed by atoms with Crippen LogP contribution in [0.3, 0.4) is 0 Å². The highest BCUT2D eigenvalue weighted by molar-refractivity contribution is 7.99. The van der Waals surface area contributed by atoms with Crippen molar-refractivity contribution in [1.82, 2.24) is 10.9 Å². The number of hydrogen-bond donors (Lipinski definition) is 3. The lowest BCUT2D eigenvalue weighted by molar-refractivity contribution is -0.117. The highest BCUT2D eigenvalue weighted by Crippen LogP contribution is 2.42. The summed E-state index contributed by atoms with van der Waals surface area (Å²) in [7, 11) is 0. The summed E-state index contributed by atoms with van der Waals surface area (Å²) in [5.74, 6) is 1.78. The van der Waals surface area contributed by atoms with Gasteiger partial charge in [-0.25, -0.2) is 5.43 Å². The van der Waals surface area contributed by atoms with Crippen LogP contribution in [0, 0.1) is 5.92 Å². The second kappa shape index (κ2) is 8.43. The van der Waals surface area contributed by atoms with E-state index in [1.165, 1.54) is 0 Å². The van der Waals surface area contributed by atoms with Crippen molar-refractivity contribution in [2.45, 2.75) is 42.1 Å². The van der Waals surface area contributed by atoms with Crippen LogP contribution in [0.15, 0.2) is 52.3 Å². The third-order valence-electron chi connectivity index (χ3n) is 4.93. The van der Waals surface area contributed by atoms with E-state index in [2.05, 4.69) is 30.0 Å². The number of hydrazine groups is 1. The topological polar surface area (TPSA) is 71.6 Å². The van der Waals surface area contributed by atoms with E-state index in [0.29, 0.717) is 30.6 Å². The van der Waals surface area contributed by atoms with Crippen LogP contribution in [0.4, 0.5) is 5.69 Å². The second-order valence-corrected chi connectivity index (χ2v) is 8.44. The van der Waals surface area contributed by atoms with Gasteiger partial charge < -0.3 is 14.8 Å². The van der Waals surface area contributed by atoms with Crippen molar-refractivity contribution < 1.29 is 14.3 Å². The van der Waals surface area contributed by atoms with E-state index < -0.39 is 0 Å². The van der Waals surface area contributed by atoms with Gasteiger partial charge in [0.25, 0.3) is 0 Å². The minimum absolute atomic E-state index is 0.0535. The van der Waals surface area contributed by atoms with Crippen molar-refractivity contribution in [3.63, 3.8) is 0 Å². The number of amides is 1. The smallest absolute Gasteiger partial charge is 0.242 e. The number of anilines is 1. The number of ether oxygens (including phenoxy) is 2. The first-order chi connectivity index (χ1) is 13.6. The first-order valence-electron chi connectivity index (χ1n) is 9.58. The van der Waals surface area contributed by atoms with Crippen molar-refractivity contribution in [3.05, 3.63) is 42.5 Å². The summed E-state index contributed by atoms with van der Waals surface area (Å²) in [5.41, 5.74) is 7.07. The maximum absolute atomic E-state index is 12.9. The molecular weight excluding hydrogens is 374 g/mol. The molecule has 1 saturated heterocycles. The Labute approximate surface area is 169 Å². The lowest BCUT2D eigenvalue weighted by Crippen LogP contribution is -2.40. The van der Waals surface area contributed by atoms with Gasteiger partial charge in [0.05, 0.1) is 5.69 Å². The molecule has 148 valence electrons. The summed E-state index contributed by atoms with van der Waals surface area (Å²) >= 11 is 1.59. The molecule has 1 amide bonds. The zero-order valence-electron chi connectivity index (χ0n) is 16.0. The fraction of sp³-hybridized carbons (Fsp3) is 0.381. The standard InChI is InChI=1S/C21H25N3O3S/c1-13(2)15-10-17(24-23-15)21(25)22-16-11-18-19(27-9-8-26-18)12-20(16)28-14-6-4-3-5-7-14/h3-7,11-13,15,17,23-24H,8-10H2,1-2H3,(H,22,25). The quantitative estimate of drug-likeness (QED) is 0.715. The lowest BCUT2D eigenvalue weighted by atomic mass is 9.99. The molecule has 0 aromatic heterocycles. The van der Waals surface area contributed by atoms with Gasteiger partial charge in [0, 0.05) is 28.0 Å². The normalized spacial score (nSPS) is 21.0. The fourth-order valence-corrected chi connectivity index (χ4v) is 4.21. The molecule has 3 N–H and O–H groups in total. The van der Waals surface area contributed by atoms with Gasteiger partial charge in [0.2, 0.25) is 5.91 Å². The Morgan fingerprint density at radius 2 is 1.82 bits per heavy atom. The van der Waals surface area contributed by atoms with Crippen molar-refractivity contribution in [3.8, 4) is 11.5 Å². The van der Waals surface area contributed by atoms with Crippen LogP contribution >= 0.6 is 11.8 Å². The van der Waals surface area contributed by atoms with Crippen molar-refractivity contribution in [2.24, 2.45) is 5.92 Å². The number of rotatable bonds is 5. The molecule has 2 atom stereocenters. The average Bonchev–Trinajstić information content (AvgIpc) is 3.20. The van der Waals surface area contributed by atoms with Gasteiger partial charge >= 0.3 is 0 Å². The summed E-state index contributed by atoms with van der Waals surface area (Å²) in [4.78, 5) is 14.9. The predicted molar refractivity (Wildman–Crippen MR) is 110 cm³/mol. The minimum Gasteiger partial charge on any atom is -0.486 e. The largest absolute Gasteiger partial charge is 0.486 e. The molecule has 0 bridgehead atoms. The molecule has 2 heterocycles. The van der Waals surface area contributed by atoms with Crippen LogP contribution in [0.2, 0.25) is 0 Å².